The van der Waals surface area contributed by atoms with Crippen molar-refractivity contribution in [3.63, 3.8) is 0 Å². The fourth-order valence-corrected chi connectivity index (χ4v) is 2.32. The third kappa shape index (κ3) is 4.39. The van der Waals surface area contributed by atoms with Gasteiger partial charge in [0.2, 0.25) is 0 Å². The first kappa shape index (κ1) is 16.8. The number of carbonyl (C=O) groups excluding carboxylic acids is 1. The zero-order valence-electron chi connectivity index (χ0n) is 12.6. The average molecular weight is 299 g/mol. The molecule has 0 unspecified atom stereocenters. The third-order valence-electron chi connectivity index (χ3n) is 2.90. The number of halogens is 1. The summed E-state index contributed by atoms with van der Waals surface area (Å²) in [5, 5.41) is 4.96. The van der Waals surface area contributed by atoms with Gasteiger partial charge < -0.3 is 5.32 Å². The highest BCUT2D eigenvalue weighted by Crippen LogP contribution is 2.27. The predicted molar refractivity (Wildman–Crippen MR) is 81.6 cm³/mol. The van der Waals surface area contributed by atoms with Crippen molar-refractivity contribution in [1.29, 1.82) is 0 Å². The van der Waals surface area contributed by atoms with Crippen LogP contribution in [0.25, 0.3) is 0 Å². The number of hydroxylamine groups is 2. The third-order valence-corrected chi connectivity index (χ3v) is 3.23. The zero-order valence-corrected chi connectivity index (χ0v) is 13.3. The molecule has 20 heavy (non-hydrogen) atoms. The Kier molecular flexibility index (Phi) is 6.30. The van der Waals surface area contributed by atoms with Crippen LogP contribution in [0.5, 0.6) is 0 Å². The lowest BCUT2D eigenvalue weighted by atomic mass is 9.94. The summed E-state index contributed by atoms with van der Waals surface area (Å²) in [4.78, 5) is 17.6. The van der Waals surface area contributed by atoms with Gasteiger partial charge in [-0.05, 0) is 38.8 Å². The van der Waals surface area contributed by atoms with Gasteiger partial charge >= 0.3 is 6.03 Å². The van der Waals surface area contributed by atoms with E-state index in [2.05, 4.69) is 5.32 Å². The predicted octanol–water partition coefficient (Wildman–Crippen LogP) is 3.95. The van der Waals surface area contributed by atoms with Crippen molar-refractivity contribution in [3.8, 4) is 0 Å². The lowest BCUT2D eigenvalue weighted by Gasteiger charge is -2.31. The molecule has 0 heterocycles. The highest BCUT2D eigenvalue weighted by Gasteiger charge is 2.27. The Bertz CT molecular complexity index is 443. The quantitative estimate of drug-likeness (QED) is 0.808. The molecule has 0 aromatic heterocycles. The molecule has 0 spiro atoms. The molecule has 1 rings (SSSR count). The van der Waals surface area contributed by atoms with Gasteiger partial charge in [-0.1, -0.05) is 36.7 Å². The van der Waals surface area contributed by atoms with Crippen molar-refractivity contribution >= 4 is 17.6 Å². The summed E-state index contributed by atoms with van der Waals surface area (Å²) in [6, 6.07) is 7.25. The van der Waals surface area contributed by atoms with Crippen molar-refractivity contribution in [2.45, 2.75) is 39.7 Å². The van der Waals surface area contributed by atoms with Gasteiger partial charge in [-0.25, -0.2) is 9.86 Å². The van der Waals surface area contributed by atoms with E-state index in [4.69, 9.17) is 16.4 Å². The molecule has 112 valence electrons. The number of nitrogens with zero attached hydrogens (tertiary/aromatic N) is 1. The molecule has 0 radical (unpaired) electrons. The first-order valence-electron chi connectivity index (χ1n) is 6.90. The van der Waals surface area contributed by atoms with E-state index in [1.807, 2.05) is 52.0 Å². The minimum Gasteiger partial charge on any atom is -0.327 e. The SMILES string of the molecule is CCCN(OCC)C(=O)NC(C)(C)c1ccccc1Cl. The van der Waals surface area contributed by atoms with Crippen LogP contribution in [-0.4, -0.2) is 24.2 Å². The van der Waals surface area contributed by atoms with E-state index in [-0.39, 0.29) is 6.03 Å². The van der Waals surface area contributed by atoms with E-state index in [0.29, 0.717) is 18.2 Å². The Hall–Kier alpha value is -1.26. The van der Waals surface area contributed by atoms with Gasteiger partial charge in [0.1, 0.15) is 0 Å². The number of urea groups is 1. The normalized spacial score (nSPS) is 11.2. The van der Waals surface area contributed by atoms with Gasteiger partial charge in [-0.3, -0.25) is 4.84 Å². The lowest BCUT2D eigenvalue weighted by Crippen LogP contribution is -2.48. The second-order valence-corrected chi connectivity index (χ2v) is 5.46. The summed E-state index contributed by atoms with van der Waals surface area (Å²) >= 11 is 6.20. The summed E-state index contributed by atoms with van der Waals surface area (Å²) in [6.07, 6.45) is 0.833. The molecule has 0 aliphatic heterocycles. The van der Waals surface area contributed by atoms with Gasteiger partial charge in [-0.15, -0.1) is 0 Å². The number of rotatable bonds is 6. The van der Waals surface area contributed by atoms with E-state index in [1.54, 1.807) is 0 Å². The minimum absolute atomic E-state index is 0.251. The van der Waals surface area contributed by atoms with Crippen molar-refractivity contribution in [1.82, 2.24) is 10.4 Å². The maximum Gasteiger partial charge on any atom is 0.342 e. The largest absolute Gasteiger partial charge is 0.342 e. The second-order valence-electron chi connectivity index (χ2n) is 5.05. The maximum atomic E-state index is 12.3. The van der Waals surface area contributed by atoms with E-state index in [1.165, 1.54) is 5.06 Å². The average Bonchev–Trinajstić information content (AvgIpc) is 2.38. The summed E-state index contributed by atoms with van der Waals surface area (Å²) < 4.78 is 0. The van der Waals surface area contributed by atoms with Crippen molar-refractivity contribution in [2.75, 3.05) is 13.2 Å². The number of hydrogen-bond donors (Lipinski definition) is 1. The number of hydrogen-bond acceptors (Lipinski definition) is 2. The Morgan fingerprint density at radius 2 is 2.00 bits per heavy atom. The van der Waals surface area contributed by atoms with Crippen LogP contribution < -0.4 is 5.32 Å². The zero-order chi connectivity index (χ0) is 15.2. The van der Waals surface area contributed by atoms with Crippen LogP contribution in [0, 0.1) is 0 Å². The highest BCUT2D eigenvalue weighted by atomic mass is 35.5. The molecule has 0 aliphatic carbocycles. The van der Waals surface area contributed by atoms with Gasteiger partial charge in [0, 0.05) is 5.02 Å². The monoisotopic (exact) mass is 298 g/mol. The number of nitrogens with one attached hydrogen (secondary N) is 1. The van der Waals surface area contributed by atoms with Crippen LogP contribution in [0.1, 0.15) is 39.7 Å². The van der Waals surface area contributed by atoms with E-state index < -0.39 is 5.54 Å². The number of amides is 2. The van der Waals surface area contributed by atoms with Crippen LogP contribution in [0.2, 0.25) is 5.02 Å². The van der Waals surface area contributed by atoms with Gasteiger partial charge in [0.05, 0.1) is 18.7 Å². The molecule has 0 saturated heterocycles. The molecular formula is C15H23ClN2O2. The molecule has 0 fully saturated rings. The van der Waals surface area contributed by atoms with Crippen LogP contribution in [-0.2, 0) is 10.4 Å². The van der Waals surface area contributed by atoms with Crippen molar-refractivity contribution in [3.05, 3.63) is 34.9 Å². The molecule has 1 aromatic carbocycles. The summed E-state index contributed by atoms with van der Waals surface area (Å²) in [5.41, 5.74) is 0.307. The molecule has 1 N–H and O–H groups in total. The molecule has 2 amide bonds. The Morgan fingerprint density at radius 3 is 2.55 bits per heavy atom. The second kappa shape index (κ2) is 7.50. The van der Waals surface area contributed by atoms with Gasteiger partial charge in [0.15, 0.2) is 0 Å². The Balaban J connectivity index is 2.84. The van der Waals surface area contributed by atoms with E-state index >= 15 is 0 Å². The molecule has 0 saturated carbocycles. The molecule has 0 atom stereocenters. The standard InChI is InChI=1S/C15H23ClN2O2/c1-5-11-18(20-6-2)14(19)17-15(3,4)12-9-7-8-10-13(12)16/h7-10H,5-6,11H2,1-4H3,(H,17,19). The summed E-state index contributed by atoms with van der Waals surface area (Å²) in [5.74, 6) is 0. The minimum atomic E-state index is -0.571. The Labute approximate surface area is 126 Å². The van der Waals surface area contributed by atoms with Gasteiger partial charge in [0.25, 0.3) is 0 Å². The van der Waals surface area contributed by atoms with Crippen molar-refractivity contribution < 1.29 is 9.63 Å². The Morgan fingerprint density at radius 1 is 1.35 bits per heavy atom. The summed E-state index contributed by atoms with van der Waals surface area (Å²) in [6.45, 7) is 8.70. The van der Waals surface area contributed by atoms with Gasteiger partial charge in [-0.2, -0.15) is 0 Å². The van der Waals surface area contributed by atoms with Crippen LogP contribution in [0.3, 0.4) is 0 Å². The number of benzene rings is 1. The maximum absolute atomic E-state index is 12.3. The lowest BCUT2D eigenvalue weighted by molar-refractivity contribution is -0.113. The molecule has 0 aliphatic rings. The number of carbonyl (C=O) groups is 1. The van der Waals surface area contributed by atoms with Crippen LogP contribution in [0.15, 0.2) is 24.3 Å². The first-order chi connectivity index (χ1) is 9.42. The fourth-order valence-electron chi connectivity index (χ4n) is 1.95. The van der Waals surface area contributed by atoms with Crippen LogP contribution >= 0.6 is 11.6 Å². The smallest absolute Gasteiger partial charge is 0.327 e. The summed E-state index contributed by atoms with van der Waals surface area (Å²) in [7, 11) is 0. The van der Waals surface area contributed by atoms with E-state index in [0.717, 1.165) is 12.0 Å². The van der Waals surface area contributed by atoms with Crippen LogP contribution in [0.4, 0.5) is 4.79 Å². The highest BCUT2D eigenvalue weighted by molar-refractivity contribution is 6.31. The van der Waals surface area contributed by atoms with E-state index in [9.17, 15) is 4.79 Å². The van der Waals surface area contributed by atoms with Crippen molar-refractivity contribution in [2.24, 2.45) is 0 Å². The molecular weight excluding hydrogens is 276 g/mol. The first-order valence-corrected chi connectivity index (χ1v) is 7.27. The molecule has 0 bridgehead atoms. The molecule has 5 heteroatoms. The molecule has 1 aromatic rings. The molecule has 4 nitrogen and oxygen atoms in total. The fraction of sp³-hybridized carbons (Fsp3) is 0.533. The topological polar surface area (TPSA) is 41.6 Å².